The third-order valence-corrected chi connectivity index (χ3v) is 3.58. The molecule has 1 heterocycles. The van der Waals surface area contributed by atoms with Crippen LogP contribution in [-0.4, -0.2) is 13.2 Å². The number of hydrogen-bond acceptors (Lipinski definition) is 3. The number of hydrogen-bond donors (Lipinski definition) is 1. The van der Waals surface area contributed by atoms with Crippen LogP contribution in [0.2, 0.25) is 10.0 Å². The zero-order chi connectivity index (χ0) is 15.2. The van der Waals surface area contributed by atoms with Gasteiger partial charge in [-0.15, -0.1) is 0 Å². The highest BCUT2D eigenvalue weighted by atomic mass is 35.5. The van der Waals surface area contributed by atoms with Crippen LogP contribution < -0.4 is 10.1 Å². The Morgan fingerprint density at radius 3 is 2.67 bits per heavy atom. The molecule has 0 bridgehead atoms. The Hall–Kier alpha value is -1.16. The Morgan fingerprint density at radius 2 is 1.95 bits per heavy atom. The highest BCUT2D eigenvalue weighted by Crippen LogP contribution is 2.37. The molecule has 0 aliphatic rings. The first-order valence-electron chi connectivity index (χ1n) is 7.07. The molecular weight excluding hydrogens is 309 g/mol. The maximum Gasteiger partial charge on any atom is 0.139 e. The van der Waals surface area contributed by atoms with E-state index in [9.17, 15) is 0 Å². The lowest BCUT2D eigenvalue weighted by Crippen LogP contribution is -2.12. The molecule has 0 unspecified atom stereocenters. The molecule has 2 rings (SSSR count). The molecule has 0 aliphatic heterocycles. The maximum atomic E-state index is 6.29. The van der Waals surface area contributed by atoms with Crippen LogP contribution in [0.25, 0.3) is 11.3 Å². The molecule has 0 atom stereocenters. The van der Waals surface area contributed by atoms with Crippen LogP contribution >= 0.6 is 23.2 Å². The second-order valence-electron chi connectivity index (χ2n) is 4.64. The molecule has 0 aliphatic carbocycles. The zero-order valence-corrected chi connectivity index (χ0v) is 13.7. The number of ether oxygens (including phenoxy) is 1. The number of furan rings is 1. The van der Waals surface area contributed by atoms with Gasteiger partial charge in [0, 0.05) is 11.6 Å². The lowest BCUT2D eigenvalue weighted by Gasteiger charge is -2.09. The summed E-state index contributed by atoms with van der Waals surface area (Å²) < 4.78 is 11.2. The molecule has 1 aromatic carbocycles. The van der Waals surface area contributed by atoms with Crippen LogP contribution in [0, 0.1) is 0 Å². The van der Waals surface area contributed by atoms with Crippen LogP contribution in [-0.2, 0) is 6.54 Å². The summed E-state index contributed by atoms with van der Waals surface area (Å²) in [6.45, 7) is 6.24. The molecule has 0 saturated carbocycles. The topological polar surface area (TPSA) is 34.4 Å². The summed E-state index contributed by atoms with van der Waals surface area (Å²) in [6, 6.07) is 7.34. The van der Waals surface area contributed by atoms with Crippen molar-refractivity contribution in [2.24, 2.45) is 0 Å². The van der Waals surface area contributed by atoms with Gasteiger partial charge in [0.2, 0.25) is 0 Å². The van der Waals surface area contributed by atoms with Crippen LogP contribution in [0.1, 0.15) is 26.0 Å². The SMILES string of the molecule is CCCNCc1ccc(-c2cc(Cl)c(OCC)cc2Cl)o1. The summed E-state index contributed by atoms with van der Waals surface area (Å²) in [4.78, 5) is 0. The lowest BCUT2D eigenvalue weighted by molar-refractivity contribution is 0.340. The van der Waals surface area contributed by atoms with Gasteiger partial charge in [-0.25, -0.2) is 0 Å². The molecule has 2 aromatic rings. The third-order valence-electron chi connectivity index (χ3n) is 2.97. The first-order valence-corrected chi connectivity index (χ1v) is 7.83. The van der Waals surface area contributed by atoms with Crippen LogP contribution in [0.3, 0.4) is 0 Å². The minimum absolute atomic E-state index is 0.526. The molecule has 1 aromatic heterocycles. The van der Waals surface area contributed by atoms with E-state index in [0.29, 0.717) is 34.7 Å². The highest BCUT2D eigenvalue weighted by molar-refractivity contribution is 6.36. The summed E-state index contributed by atoms with van der Waals surface area (Å²) in [5.41, 5.74) is 0.770. The van der Waals surface area contributed by atoms with E-state index in [2.05, 4.69) is 12.2 Å². The molecule has 0 radical (unpaired) electrons. The molecule has 0 saturated heterocycles. The minimum Gasteiger partial charge on any atom is -0.492 e. The predicted molar refractivity (Wildman–Crippen MR) is 87.3 cm³/mol. The van der Waals surface area contributed by atoms with Gasteiger partial charge >= 0.3 is 0 Å². The molecule has 0 amide bonds. The van der Waals surface area contributed by atoms with Crippen molar-refractivity contribution in [2.45, 2.75) is 26.8 Å². The molecule has 114 valence electrons. The van der Waals surface area contributed by atoms with Crippen molar-refractivity contribution in [1.29, 1.82) is 0 Å². The number of halogens is 2. The molecular formula is C16H19Cl2NO2. The van der Waals surface area contributed by atoms with Crippen molar-refractivity contribution in [3.05, 3.63) is 40.1 Å². The quantitative estimate of drug-likeness (QED) is 0.714. The second kappa shape index (κ2) is 7.74. The van der Waals surface area contributed by atoms with Crippen molar-refractivity contribution in [3.8, 4) is 17.1 Å². The van der Waals surface area contributed by atoms with Gasteiger partial charge in [-0.2, -0.15) is 0 Å². The summed E-state index contributed by atoms with van der Waals surface area (Å²) in [5.74, 6) is 2.17. The van der Waals surface area contributed by atoms with Gasteiger partial charge in [-0.05, 0) is 38.1 Å². The van der Waals surface area contributed by atoms with Crippen LogP contribution in [0.15, 0.2) is 28.7 Å². The standard InChI is InChI=1S/C16H19Cl2NO2/c1-3-7-19-10-11-5-6-15(21-11)12-8-14(18)16(20-4-2)9-13(12)17/h5-6,8-9,19H,3-4,7,10H2,1-2H3. The monoisotopic (exact) mass is 327 g/mol. The molecule has 0 spiro atoms. The van der Waals surface area contributed by atoms with E-state index in [4.69, 9.17) is 32.4 Å². The average Bonchev–Trinajstić information content (AvgIpc) is 2.92. The van der Waals surface area contributed by atoms with Crippen LogP contribution in [0.5, 0.6) is 5.75 Å². The van der Waals surface area contributed by atoms with Gasteiger partial charge in [-0.1, -0.05) is 30.1 Å². The van der Waals surface area contributed by atoms with Gasteiger partial charge < -0.3 is 14.5 Å². The average molecular weight is 328 g/mol. The molecule has 21 heavy (non-hydrogen) atoms. The maximum absolute atomic E-state index is 6.29. The zero-order valence-electron chi connectivity index (χ0n) is 12.2. The van der Waals surface area contributed by atoms with Gasteiger partial charge in [0.25, 0.3) is 0 Å². The normalized spacial score (nSPS) is 10.9. The first kappa shape index (κ1) is 16.2. The Bertz CT molecular complexity index is 596. The van der Waals surface area contributed by atoms with E-state index in [-0.39, 0.29) is 0 Å². The van der Waals surface area contributed by atoms with Gasteiger partial charge in [0.15, 0.2) is 0 Å². The summed E-state index contributed by atoms with van der Waals surface area (Å²) in [5, 5.41) is 4.38. The van der Waals surface area contributed by atoms with E-state index >= 15 is 0 Å². The Kier molecular flexibility index (Phi) is 5.97. The summed E-state index contributed by atoms with van der Waals surface area (Å²) >= 11 is 12.5. The number of nitrogens with one attached hydrogen (secondary N) is 1. The van der Waals surface area contributed by atoms with Crippen LogP contribution in [0.4, 0.5) is 0 Å². The van der Waals surface area contributed by atoms with E-state index < -0.39 is 0 Å². The summed E-state index contributed by atoms with van der Waals surface area (Å²) in [7, 11) is 0. The van der Waals surface area contributed by atoms with E-state index in [0.717, 1.165) is 24.3 Å². The number of rotatable bonds is 7. The predicted octanol–water partition coefficient (Wildman–Crippen LogP) is 5.15. The van der Waals surface area contributed by atoms with Crippen molar-refractivity contribution >= 4 is 23.2 Å². The molecule has 0 fully saturated rings. The molecule has 3 nitrogen and oxygen atoms in total. The van der Waals surface area contributed by atoms with E-state index in [1.165, 1.54) is 0 Å². The van der Waals surface area contributed by atoms with Gasteiger partial charge in [-0.3, -0.25) is 0 Å². The smallest absolute Gasteiger partial charge is 0.139 e. The third kappa shape index (κ3) is 4.16. The fourth-order valence-corrected chi connectivity index (χ4v) is 2.45. The second-order valence-corrected chi connectivity index (χ2v) is 5.45. The summed E-state index contributed by atoms with van der Waals surface area (Å²) in [6.07, 6.45) is 1.09. The number of benzene rings is 1. The van der Waals surface area contributed by atoms with Crippen molar-refractivity contribution in [3.63, 3.8) is 0 Å². The van der Waals surface area contributed by atoms with Crippen molar-refractivity contribution < 1.29 is 9.15 Å². The minimum atomic E-state index is 0.526. The van der Waals surface area contributed by atoms with Gasteiger partial charge in [0.1, 0.15) is 17.3 Å². The van der Waals surface area contributed by atoms with Crippen molar-refractivity contribution in [1.82, 2.24) is 5.32 Å². The first-order chi connectivity index (χ1) is 10.2. The van der Waals surface area contributed by atoms with Crippen molar-refractivity contribution in [2.75, 3.05) is 13.2 Å². The van der Waals surface area contributed by atoms with E-state index in [1.807, 2.05) is 19.1 Å². The Morgan fingerprint density at radius 1 is 1.14 bits per heavy atom. The highest BCUT2D eigenvalue weighted by Gasteiger charge is 2.13. The lowest BCUT2D eigenvalue weighted by atomic mass is 10.1. The molecule has 5 heteroatoms. The van der Waals surface area contributed by atoms with Gasteiger partial charge in [0.05, 0.1) is 23.2 Å². The fraction of sp³-hybridized carbons (Fsp3) is 0.375. The largest absolute Gasteiger partial charge is 0.492 e. The van der Waals surface area contributed by atoms with E-state index in [1.54, 1.807) is 12.1 Å². The fourth-order valence-electron chi connectivity index (χ4n) is 1.99. The Labute approximate surface area is 135 Å². The Balaban J connectivity index is 2.20. The molecule has 1 N–H and O–H groups in total.